The van der Waals surface area contributed by atoms with Crippen LogP contribution in [0.5, 0.6) is 0 Å². The summed E-state index contributed by atoms with van der Waals surface area (Å²) in [6.45, 7) is 4.72. The standard InChI is InChI=1S/C16H16Br2FN3/c17-13-2-4-16(20-10-13)22-7-5-21(6-8-22)11-12-1-3-15(19)14(18)9-12/h1-4,9-10H,5-8,11H2. The van der Waals surface area contributed by atoms with Gasteiger partial charge in [0.15, 0.2) is 0 Å². The second kappa shape index (κ2) is 7.06. The van der Waals surface area contributed by atoms with Crippen molar-refractivity contribution in [2.75, 3.05) is 31.1 Å². The topological polar surface area (TPSA) is 19.4 Å². The zero-order valence-electron chi connectivity index (χ0n) is 12.0. The van der Waals surface area contributed by atoms with E-state index in [1.807, 2.05) is 30.5 Å². The zero-order chi connectivity index (χ0) is 15.5. The Morgan fingerprint density at radius 1 is 1.05 bits per heavy atom. The normalized spacial score (nSPS) is 16.0. The maximum atomic E-state index is 13.3. The van der Waals surface area contributed by atoms with Crippen LogP contribution in [0.15, 0.2) is 45.5 Å². The average Bonchev–Trinajstić information content (AvgIpc) is 2.53. The van der Waals surface area contributed by atoms with Gasteiger partial charge < -0.3 is 4.90 Å². The molecular weight excluding hydrogens is 413 g/mol. The van der Waals surface area contributed by atoms with Crippen molar-refractivity contribution in [1.29, 1.82) is 0 Å². The van der Waals surface area contributed by atoms with E-state index in [1.165, 1.54) is 6.07 Å². The Morgan fingerprint density at radius 2 is 1.82 bits per heavy atom. The van der Waals surface area contributed by atoms with Crippen LogP contribution in [0.1, 0.15) is 5.56 Å². The van der Waals surface area contributed by atoms with E-state index in [0.717, 1.165) is 48.6 Å². The monoisotopic (exact) mass is 427 g/mol. The van der Waals surface area contributed by atoms with Gasteiger partial charge in [-0.05, 0) is 61.7 Å². The van der Waals surface area contributed by atoms with E-state index in [2.05, 4.69) is 46.6 Å². The molecule has 0 amide bonds. The fraction of sp³-hybridized carbons (Fsp3) is 0.312. The molecular formula is C16H16Br2FN3. The summed E-state index contributed by atoms with van der Waals surface area (Å²) in [5.74, 6) is 0.808. The van der Waals surface area contributed by atoms with Crippen LogP contribution in [0.25, 0.3) is 0 Å². The van der Waals surface area contributed by atoms with Crippen molar-refractivity contribution in [3.05, 3.63) is 56.9 Å². The molecule has 0 aliphatic carbocycles. The van der Waals surface area contributed by atoms with Crippen LogP contribution in [0.2, 0.25) is 0 Å². The van der Waals surface area contributed by atoms with Crippen LogP contribution < -0.4 is 4.90 Å². The predicted octanol–water partition coefficient (Wildman–Crippen LogP) is 4.07. The molecule has 3 rings (SSSR count). The number of halogens is 3. The molecule has 0 radical (unpaired) electrons. The summed E-state index contributed by atoms with van der Waals surface area (Å²) in [4.78, 5) is 9.12. The molecule has 6 heteroatoms. The summed E-state index contributed by atoms with van der Waals surface area (Å²) in [6, 6.07) is 9.28. The average molecular weight is 429 g/mol. The summed E-state index contributed by atoms with van der Waals surface area (Å²) in [5, 5.41) is 0. The molecule has 1 aliphatic rings. The Hall–Kier alpha value is -0.980. The highest BCUT2D eigenvalue weighted by Gasteiger charge is 2.18. The fourth-order valence-corrected chi connectivity index (χ4v) is 3.25. The lowest BCUT2D eigenvalue weighted by atomic mass is 10.2. The summed E-state index contributed by atoms with van der Waals surface area (Å²) in [6.07, 6.45) is 1.83. The lowest BCUT2D eigenvalue weighted by Crippen LogP contribution is -2.46. The molecule has 116 valence electrons. The number of hydrogen-bond donors (Lipinski definition) is 0. The highest BCUT2D eigenvalue weighted by Crippen LogP contribution is 2.20. The van der Waals surface area contributed by atoms with Crippen LogP contribution in [-0.4, -0.2) is 36.1 Å². The number of piperazine rings is 1. The molecule has 0 bridgehead atoms. The van der Waals surface area contributed by atoms with Crippen LogP contribution >= 0.6 is 31.9 Å². The molecule has 3 nitrogen and oxygen atoms in total. The molecule has 1 aliphatic heterocycles. The van der Waals surface area contributed by atoms with Crippen molar-refractivity contribution in [3.63, 3.8) is 0 Å². The van der Waals surface area contributed by atoms with Crippen molar-refractivity contribution < 1.29 is 4.39 Å². The Morgan fingerprint density at radius 3 is 2.45 bits per heavy atom. The third kappa shape index (κ3) is 3.86. The quantitative estimate of drug-likeness (QED) is 0.734. The van der Waals surface area contributed by atoms with Gasteiger partial charge in [0, 0.05) is 43.4 Å². The van der Waals surface area contributed by atoms with Gasteiger partial charge in [0.1, 0.15) is 11.6 Å². The molecule has 0 spiro atoms. The molecule has 2 aromatic rings. The summed E-state index contributed by atoms with van der Waals surface area (Å²) < 4.78 is 14.8. The van der Waals surface area contributed by atoms with Gasteiger partial charge in [0.25, 0.3) is 0 Å². The van der Waals surface area contributed by atoms with E-state index in [4.69, 9.17) is 0 Å². The molecule has 1 fully saturated rings. The molecule has 0 atom stereocenters. The summed E-state index contributed by atoms with van der Waals surface area (Å²) in [7, 11) is 0. The number of aromatic nitrogens is 1. The maximum Gasteiger partial charge on any atom is 0.137 e. The number of benzene rings is 1. The van der Waals surface area contributed by atoms with E-state index >= 15 is 0 Å². The first-order chi connectivity index (χ1) is 10.6. The second-order valence-corrected chi connectivity index (χ2v) is 7.12. The molecule has 0 unspecified atom stereocenters. The molecule has 2 heterocycles. The van der Waals surface area contributed by atoms with Gasteiger partial charge in [-0.25, -0.2) is 9.37 Å². The van der Waals surface area contributed by atoms with Crippen molar-refractivity contribution in [3.8, 4) is 0 Å². The van der Waals surface area contributed by atoms with E-state index in [0.29, 0.717) is 4.47 Å². The van der Waals surface area contributed by atoms with Gasteiger partial charge in [-0.15, -0.1) is 0 Å². The molecule has 0 saturated carbocycles. The van der Waals surface area contributed by atoms with Crippen molar-refractivity contribution in [2.45, 2.75) is 6.54 Å². The van der Waals surface area contributed by atoms with Crippen molar-refractivity contribution in [1.82, 2.24) is 9.88 Å². The van der Waals surface area contributed by atoms with Crippen LogP contribution in [0, 0.1) is 5.82 Å². The van der Waals surface area contributed by atoms with Gasteiger partial charge in [-0.1, -0.05) is 6.07 Å². The predicted molar refractivity (Wildman–Crippen MR) is 93.5 cm³/mol. The van der Waals surface area contributed by atoms with Gasteiger partial charge in [0.2, 0.25) is 0 Å². The van der Waals surface area contributed by atoms with Gasteiger partial charge in [-0.3, -0.25) is 4.90 Å². The van der Waals surface area contributed by atoms with Crippen molar-refractivity contribution >= 4 is 37.7 Å². The third-order valence-corrected chi connectivity index (χ3v) is 4.88. The molecule has 1 aromatic carbocycles. The maximum absolute atomic E-state index is 13.3. The minimum absolute atomic E-state index is 0.213. The van der Waals surface area contributed by atoms with Crippen LogP contribution in [0.3, 0.4) is 0 Å². The SMILES string of the molecule is Fc1ccc(CN2CCN(c3ccc(Br)cn3)CC2)cc1Br. The van der Waals surface area contributed by atoms with Gasteiger partial charge in [-0.2, -0.15) is 0 Å². The Balaban J connectivity index is 1.57. The minimum atomic E-state index is -0.213. The minimum Gasteiger partial charge on any atom is -0.354 e. The summed E-state index contributed by atoms with van der Waals surface area (Å²) in [5.41, 5.74) is 1.13. The zero-order valence-corrected chi connectivity index (χ0v) is 15.1. The van der Waals surface area contributed by atoms with E-state index in [-0.39, 0.29) is 5.82 Å². The third-order valence-electron chi connectivity index (χ3n) is 3.80. The first-order valence-corrected chi connectivity index (χ1v) is 8.73. The second-order valence-electron chi connectivity index (χ2n) is 5.35. The Kier molecular flexibility index (Phi) is 5.10. The highest BCUT2D eigenvalue weighted by atomic mass is 79.9. The number of anilines is 1. The first kappa shape index (κ1) is 15.9. The fourth-order valence-electron chi connectivity index (χ4n) is 2.59. The number of hydrogen-bond acceptors (Lipinski definition) is 3. The molecule has 22 heavy (non-hydrogen) atoms. The number of pyridine rings is 1. The Bertz CT molecular complexity index is 640. The van der Waals surface area contributed by atoms with Crippen LogP contribution in [-0.2, 0) is 6.54 Å². The van der Waals surface area contributed by atoms with E-state index in [1.54, 1.807) is 0 Å². The summed E-state index contributed by atoms with van der Waals surface area (Å²) >= 11 is 6.65. The smallest absolute Gasteiger partial charge is 0.137 e. The van der Waals surface area contributed by atoms with Crippen LogP contribution in [0.4, 0.5) is 10.2 Å². The van der Waals surface area contributed by atoms with E-state index < -0.39 is 0 Å². The lowest BCUT2D eigenvalue weighted by molar-refractivity contribution is 0.249. The van der Waals surface area contributed by atoms with Crippen molar-refractivity contribution in [2.24, 2.45) is 0 Å². The van der Waals surface area contributed by atoms with Gasteiger partial charge in [0.05, 0.1) is 4.47 Å². The molecule has 1 aromatic heterocycles. The molecule has 1 saturated heterocycles. The number of nitrogens with zero attached hydrogens (tertiary/aromatic N) is 3. The molecule has 0 N–H and O–H groups in total. The first-order valence-electron chi connectivity index (χ1n) is 7.14. The lowest BCUT2D eigenvalue weighted by Gasteiger charge is -2.35. The van der Waals surface area contributed by atoms with E-state index in [9.17, 15) is 4.39 Å². The highest BCUT2D eigenvalue weighted by molar-refractivity contribution is 9.10. The number of rotatable bonds is 3. The Labute approximate surface area is 146 Å². The largest absolute Gasteiger partial charge is 0.354 e. The van der Waals surface area contributed by atoms with Gasteiger partial charge >= 0.3 is 0 Å².